The minimum atomic E-state index is 0.348. The van der Waals surface area contributed by atoms with E-state index in [2.05, 4.69) is 0 Å². The van der Waals surface area contributed by atoms with Crippen molar-refractivity contribution < 1.29 is 4.74 Å². The lowest BCUT2D eigenvalue weighted by Crippen LogP contribution is -2.32. The summed E-state index contributed by atoms with van der Waals surface area (Å²) < 4.78 is 5.26. The quantitative estimate of drug-likeness (QED) is 0.693. The van der Waals surface area contributed by atoms with E-state index < -0.39 is 0 Å². The van der Waals surface area contributed by atoms with Gasteiger partial charge in [0.2, 0.25) is 0 Å². The first-order chi connectivity index (χ1) is 5.79. The number of ether oxygens (including phenoxy) is 1. The smallest absolute Gasteiger partial charge is 0.0530 e. The van der Waals surface area contributed by atoms with Gasteiger partial charge in [0.25, 0.3) is 0 Å². The normalized spacial score (nSPS) is 45.5. The molecule has 2 aliphatic carbocycles. The second-order valence-corrected chi connectivity index (χ2v) is 4.64. The summed E-state index contributed by atoms with van der Waals surface area (Å²) in [6, 6.07) is 0. The van der Waals surface area contributed by atoms with Crippen LogP contribution < -0.4 is 5.73 Å². The minimum absolute atomic E-state index is 0.348. The van der Waals surface area contributed by atoms with E-state index in [0.29, 0.717) is 5.41 Å². The highest BCUT2D eigenvalue weighted by Gasteiger charge is 2.48. The van der Waals surface area contributed by atoms with E-state index >= 15 is 0 Å². The lowest BCUT2D eigenvalue weighted by atomic mass is 9.77. The number of nitrogens with two attached hydrogens (primary N) is 1. The fraction of sp³-hybridized carbons (Fsp3) is 1.00. The van der Waals surface area contributed by atoms with E-state index in [4.69, 9.17) is 10.5 Å². The van der Waals surface area contributed by atoms with Gasteiger partial charge in [0.1, 0.15) is 0 Å². The summed E-state index contributed by atoms with van der Waals surface area (Å²) in [5, 5.41) is 0. The van der Waals surface area contributed by atoms with E-state index in [1.807, 2.05) is 0 Å². The molecule has 12 heavy (non-hydrogen) atoms. The third-order valence-corrected chi connectivity index (χ3v) is 3.85. The fourth-order valence-electron chi connectivity index (χ4n) is 3.02. The molecule has 3 atom stereocenters. The zero-order valence-corrected chi connectivity index (χ0v) is 7.88. The summed E-state index contributed by atoms with van der Waals surface area (Å²) in [4.78, 5) is 0. The molecule has 0 aromatic rings. The topological polar surface area (TPSA) is 35.2 Å². The van der Waals surface area contributed by atoms with Crippen molar-refractivity contribution in [1.29, 1.82) is 0 Å². The van der Waals surface area contributed by atoms with Gasteiger partial charge in [-0.1, -0.05) is 0 Å². The maximum Gasteiger partial charge on any atom is 0.0530 e. The van der Waals surface area contributed by atoms with Crippen molar-refractivity contribution in [3.63, 3.8) is 0 Å². The molecule has 0 unspecified atom stereocenters. The Bertz CT molecular complexity index is 157. The molecule has 2 rings (SSSR count). The molecule has 2 N–H and O–H groups in total. The molecule has 0 aliphatic heterocycles. The van der Waals surface area contributed by atoms with E-state index in [1.54, 1.807) is 7.11 Å². The first-order valence-electron chi connectivity index (χ1n) is 4.99. The van der Waals surface area contributed by atoms with Gasteiger partial charge in [0.05, 0.1) is 6.61 Å². The van der Waals surface area contributed by atoms with Crippen LogP contribution >= 0.6 is 0 Å². The summed E-state index contributed by atoms with van der Waals surface area (Å²) in [6.45, 7) is 1.68. The Labute approximate surface area is 74.5 Å². The van der Waals surface area contributed by atoms with Crippen LogP contribution in [0.2, 0.25) is 0 Å². The molecule has 0 aromatic heterocycles. The molecule has 70 valence electrons. The van der Waals surface area contributed by atoms with Crippen molar-refractivity contribution in [3.05, 3.63) is 0 Å². The van der Waals surface area contributed by atoms with Crippen molar-refractivity contribution in [2.24, 2.45) is 23.0 Å². The Balaban J connectivity index is 1.99. The summed E-state index contributed by atoms with van der Waals surface area (Å²) in [7, 11) is 1.79. The second-order valence-electron chi connectivity index (χ2n) is 4.64. The first-order valence-corrected chi connectivity index (χ1v) is 4.99. The lowest BCUT2D eigenvalue weighted by molar-refractivity contribution is 0.0864. The van der Waals surface area contributed by atoms with Crippen molar-refractivity contribution >= 4 is 0 Å². The van der Waals surface area contributed by atoms with Gasteiger partial charge in [0.15, 0.2) is 0 Å². The largest absolute Gasteiger partial charge is 0.384 e. The molecule has 2 saturated carbocycles. The number of hydrogen-bond donors (Lipinski definition) is 1. The highest BCUT2D eigenvalue weighted by Crippen LogP contribution is 2.54. The van der Waals surface area contributed by atoms with Gasteiger partial charge < -0.3 is 10.5 Å². The van der Waals surface area contributed by atoms with Gasteiger partial charge in [-0.05, 0) is 37.5 Å². The molecular formula is C10H19NO. The van der Waals surface area contributed by atoms with Crippen LogP contribution in [0.25, 0.3) is 0 Å². The number of fused-ring (bicyclic) bond motifs is 1. The predicted octanol–water partition coefficient (Wildman–Crippen LogP) is 1.40. The van der Waals surface area contributed by atoms with Gasteiger partial charge in [-0.25, -0.2) is 0 Å². The van der Waals surface area contributed by atoms with Crippen LogP contribution in [0.4, 0.5) is 0 Å². The summed E-state index contributed by atoms with van der Waals surface area (Å²) in [6.07, 6.45) is 5.52. The molecular weight excluding hydrogens is 150 g/mol. The zero-order chi connectivity index (χ0) is 8.60. The van der Waals surface area contributed by atoms with Crippen LogP contribution in [0.1, 0.15) is 25.7 Å². The average molecular weight is 169 g/mol. The summed E-state index contributed by atoms with van der Waals surface area (Å²) in [5.74, 6) is 1.98. The maximum absolute atomic E-state index is 5.83. The molecule has 2 fully saturated rings. The maximum atomic E-state index is 5.83. The van der Waals surface area contributed by atoms with Crippen molar-refractivity contribution in [2.45, 2.75) is 25.7 Å². The van der Waals surface area contributed by atoms with Crippen LogP contribution in [0, 0.1) is 17.3 Å². The highest BCUT2D eigenvalue weighted by molar-refractivity contribution is 4.99. The Morgan fingerprint density at radius 1 is 1.33 bits per heavy atom. The molecule has 0 radical (unpaired) electrons. The highest BCUT2D eigenvalue weighted by atomic mass is 16.5. The fourth-order valence-corrected chi connectivity index (χ4v) is 3.02. The van der Waals surface area contributed by atoms with Gasteiger partial charge >= 0.3 is 0 Å². The second kappa shape index (κ2) is 3.00. The summed E-state index contributed by atoms with van der Waals surface area (Å²) >= 11 is 0. The Hall–Kier alpha value is -0.0800. The zero-order valence-electron chi connectivity index (χ0n) is 7.88. The van der Waals surface area contributed by atoms with E-state index in [1.165, 1.54) is 25.7 Å². The lowest BCUT2D eigenvalue weighted by Gasteiger charge is -2.29. The van der Waals surface area contributed by atoms with Crippen LogP contribution in [0.5, 0.6) is 0 Å². The van der Waals surface area contributed by atoms with E-state index in [0.717, 1.165) is 25.0 Å². The van der Waals surface area contributed by atoms with E-state index in [-0.39, 0.29) is 0 Å². The number of rotatable bonds is 3. The third kappa shape index (κ3) is 1.17. The Morgan fingerprint density at radius 3 is 2.25 bits per heavy atom. The first kappa shape index (κ1) is 8.52. The van der Waals surface area contributed by atoms with Gasteiger partial charge in [-0.3, -0.25) is 0 Å². The molecule has 2 heteroatoms. The average Bonchev–Trinajstić information content (AvgIpc) is 2.30. The molecule has 2 nitrogen and oxygen atoms in total. The van der Waals surface area contributed by atoms with Crippen LogP contribution in [0.3, 0.4) is 0 Å². The number of methoxy groups -OCH3 is 1. The SMILES string of the molecule is COC[C@@]1(CN)C[C@H]2CC[C@H]2C1. The van der Waals surface area contributed by atoms with Crippen LogP contribution in [-0.4, -0.2) is 20.3 Å². The Kier molecular flexibility index (Phi) is 2.13. The van der Waals surface area contributed by atoms with Crippen molar-refractivity contribution in [3.8, 4) is 0 Å². The molecule has 0 aromatic carbocycles. The molecule has 0 amide bonds. The van der Waals surface area contributed by atoms with Gasteiger partial charge in [-0.15, -0.1) is 0 Å². The van der Waals surface area contributed by atoms with Crippen molar-refractivity contribution in [2.75, 3.05) is 20.3 Å². The van der Waals surface area contributed by atoms with Crippen LogP contribution in [-0.2, 0) is 4.74 Å². The molecule has 0 heterocycles. The van der Waals surface area contributed by atoms with Gasteiger partial charge in [-0.2, -0.15) is 0 Å². The minimum Gasteiger partial charge on any atom is -0.384 e. The molecule has 0 saturated heterocycles. The van der Waals surface area contributed by atoms with Gasteiger partial charge in [0, 0.05) is 19.1 Å². The number of hydrogen-bond acceptors (Lipinski definition) is 2. The molecule has 0 bridgehead atoms. The van der Waals surface area contributed by atoms with Crippen molar-refractivity contribution in [1.82, 2.24) is 0 Å². The monoisotopic (exact) mass is 169 g/mol. The molecule has 0 spiro atoms. The standard InChI is InChI=1S/C10H19NO/c1-12-7-10(6-11)4-8-2-3-9(8)5-10/h8-9H,2-7,11H2,1H3/t8-,9+,10+. The van der Waals surface area contributed by atoms with E-state index in [9.17, 15) is 0 Å². The Morgan fingerprint density at radius 2 is 1.92 bits per heavy atom. The molecule has 2 aliphatic rings. The van der Waals surface area contributed by atoms with Crippen LogP contribution in [0.15, 0.2) is 0 Å². The summed E-state index contributed by atoms with van der Waals surface area (Å²) in [5.41, 5.74) is 6.17. The third-order valence-electron chi connectivity index (χ3n) is 3.85. The predicted molar refractivity (Wildman–Crippen MR) is 48.8 cm³/mol.